The predicted octanol–water partition coefficient (Wildman–Crippen LogP) is 5.09. The summed E-state index contributed by atoms with van der Waals surface area (Å²) >= 11 is 3.70. The molecule has 0 saturated heterocycles. The fourth-order valence-electron chi connectivity index (χ4n) is 2.01. The highest BCUT2D eigenvalue weighted by molar-refractivity contribution is 14.1. The second kappa shape index (κ2) is 7.61. The molecule has 0 aliphatic carbocycles. The number of rotatable bonds is 4. The summed E-state index contributed by atoms with van der Waals surface area (Å²) in [5.74, 6) is -0.154. The quantitative estimate of drug-likeness (QED) is 0.584. The van der Waals surface area contributed by atoms with Gasteiger partial charge in [-0.1, -0.05) is 36.0 Å². The lowest BCUT2D eigenvalue weighted by Gasteiger charge is -2.09. The average Bonchev–Trinajstić information content (AvgIpc) is 2.56. The zero-order valence-electron chi connectivity index (χ0n) is 12.1. The molecule has 1 N–H and O–H groups in total. The second-order valence-electron chi connectivity index (χ2n) is 4.74. The number of amides is 1. The first-order valence-electron chi connectivity index (χ1n) is 6.97. The second-order valence-corrected chi connectivity index (χ2v) is 7.04. The number of carbonyl (C=O) groups is 1. The van der Waals surface area contributed by atoms with E-state index < -0.39 is 0 Å². The van der Waals surface area contributed by atoms with Crippen LogP contribution in [0.5, 0.6) is 0 Å². The van der Waals surface area contributed by atoms with Gasteiger partial charge in [0.2, 0.25) is 0 Å². The van der Waals surface area contributed by atoms with Gasteiger partial charge in [-0.15, -0.1) is 0 Å². The molecule has 0 atom stereocenters. The molecular weight excluding hydrogens is 419 g/mol. The molecule has 1 heterocycles. The Morgan fingerprint density at radius 3 is 2.61 bits per heavy atom. The zero-order chi connectivity index (χ0) is 16.1. The van der Waals surface area contributed by atoms with E-state index in [9.17, 15) is 4.79 Å². The summed E-state index contributed by atoms with van der Waals surface area (Å²) in [6.45, 7) is 0. The first-order chi connectivity index (χ1) is 11.2. The molecule has 5 heteroatoms. The standard InChI is InChI=1S/C18H13IN2OS/c19-13-6-4-7-14(12-13)21-17(22)16-10-5-11-20-18(16)23-15-8-2-1-3-9-15/h1-12H,(H,21,22). The Morgan fingerprint density at radius 2 is 1.83 bits per heavy atom. The van der Waals surface area contributed by atoms with E-state index in [4.69, 9.17) is 0 Å². The van der Waals surface area contributed by atoms with Gasteiger partial charge in [0.25, 0.3) is 5.91 Å². The molecule has 0 saturated carbocycles. The summed E-state index contributed by atoms with van der Waals surface area (Å²) in [4.78, 5) is 18.0. The third kappa shape index (κ3) is 4.33. The van der Waals surface area contributed by atoms with E-state index in [2.05, 4.69) is 32.9 Å². The van der Waals surface area contributed by atoms with Gasteiger partial charge in [0.05, 0.1) is 5.56 Å². The summed E-state index contributed by atoms with van der Waals surface area (Å²) in [7, 11) is 0. The number of anilines is 1. The van der Waals surface area contributed by atoms with Crippen molar-refractivity contribution in [3.8, 4) is 0 Å². The predicted molar refractivity (Wildman–Crippen MR) is 102 cm³/mol. The Balaban J connectivity index is 1.83. The number of carbonyl (C=O) groups excluding carboxylic acids is 1. The van der Waals surface area contributed by atoms with Crippen LogP contribution in [0.2, 0.25) is 0 Å². The number of hydrogen-bond donors (Lipinski definition) is 1. The number of nitrogens with zero attached hydrogens (tertiary/aromatic N) is 1. The molecule has 2 aromatic carbocycles. The zero-order valence-corrected chi connectivity index (χ0v) is 15.0. The molecule has 0 unspecified atom stereocenters. The van der Waals surface area contributed by atoms with Gasteiger partial charge in [0, 0.05) is 20.3 Å². The number of benzene rings is 2. The van der Waals surface area contributed by atoms with Gasteiger partial charge in [-0.3, -0.25) is 4.79 Å². The van der Waals surface area contributed by atoms with Gasteiger partial charge in [-0.25, -0.2) is 4.98 Å². The van der Waals surface area contributed by atoms with Crippen molar-refractivity contribution in [2.24, 2.45) is 0 Å². The molecule has 0 radical (unpaired) electrons. The smallest absolute Gasteiger partial charge is 0.258 e. The summed E-state index contributed by atoms with van der Waals surface area (Å²) in [6.07, 6.45) is 1.70. The molecule has 3 rings (SSSR count). The molecule has 0 fully saturated rings. The summed E-state index contributed by atoms with van der Waals surface area (Å²) in [6, 6.07) is 21.2. The highest BCUT2D eigenvalue weighted by Crippen LogP contribution is 2.28. The molecule has 23 heavy (non-hydrogen) atoms. The minimum absolute atomic E-state index is 0.154. The van der Waals surface area contributed by atoms with Crippen molar-refractivity contribution in [2.45, 2.75) is 9.92 Å². The van der Waals surface area contributed by atoms with Crippen molar-refractivity contribution in [1.29, 1.82) is 0 Å². The van der Waals surface area contributed by atoms with E-state index in [1.54, 1.807) is 18.3 Å². The first-order valence-corrected chi connectivity index (χ1v) is 8.87. The first kappa shape index (κ1) is 16.0. The van der Waals surface area contributed by atoms with E-state index in [1.165, 1.54) is 11.8 Å². The average molecular weight is 432 g/mol. The number of hydrogen-bond acceptors (Lipinski definition) is 3. The molecule has 0 spiro atoms. The number of aromatic nitrogens is 1. The van der Waals surface area contributed by atoms with Crippen LogP contribution in [0, 0.1) is 3.57 Å². The van der Waals surface area contributed by atoms with Crippen LogP contribution < -0.4 is 5.32 Å². The van der Waals surface area contributed by atoms with Gasteiger partial charge >= 0.3 is 0 Å². The topological polar surface area (TPSA) is 42.0 Å². The van der Waals surface area contributed by atoms with E-state index in [-0.39, 0.29) is 5.91 Å². The van der Waals surface area contributed by atoms with Crippen LogP contribution in [-0.2, 0) is 0 Å². The van der Waals surface area contributed by atoms with Gasteiger partial charge in [-0.05, 0) is 65.1 Å². The van der Waals surface area contributed by atoms with Crippen LogP contribution in [0.25, 0.3) is 0 Å². The van der Waals surface area contributed by atoms with E-state index >= 15 is 0 Å². The maximum atomic E-state index is 12.6. The Morgan fingerprint density at radius 1 is 1.00 bits per heavy atom. The Bertz CT molecular complexity index is 824. The Kier molecular flexibility index (Phi) is 5.30. The van der Waals surface area contributed by atoms with Crippen LogP contribution in [0.4, 0.5) is 5.69 Å². The molecule has 1 amide bonds. The third-order valence-corrected chi connectivity index (χ3v) is 4.75. The SMILES string of the molecule is O=C(Nc1cccc(I)c1)c1cccnc1Sc1ccccc1. The molecule has 1 aromatic heterocycles. The molecular formula is C18H13IN2OS. The minimum Gasteiger partial charge on any atom is -0.322 e. The highest BCUT2D eigenvalue weighted by Gasteiger charge is 2.13. The van der Waals surface area contributed by atoms with Crippen molar-refractivity contribution in [1.82, 2.24) is 4.98 Å². The monoisotopic (exact) mass is 432 g/mol. The van der Waals surface area contributed by atoms with E-state index in [0.717, 1.165) is 14.2 Å². The van der Waals surface area contributed by atoms with E-state index in [1.807, 2.05) is 54.6 Å². The van der Waals surface area contributed by atoms with Crippen LogP contribution in [0.1, 0.15) is 10.4 Å². The third-order valence-electron chi connectivity index (χ3n) is 3.06. The van der Waals surface area contributed by atoms with Gasteiger partial charge < -0.3 is 5.32 Å². The lowest BCUT2D eigenvalue weighted by molar-refractivity contribution is 0.102. The normalized spacial score (nSPS) is 10.3. The molecule has 3 aromatic rings. The Hall–Kier alpha value is -1.86. The van der Waals surface area contributed by atoms with Gasteiger partial charge in [-0.2, -0.15) is 0 Å². The lowest BCUT2D eigenvalue weighted by atomic mass is 10.2. The maximum absolute atomic E-state index is 12.6. The van der Waals surface area contributed by atoms with Crippen LogP contribution in [-0.4, -0.2) is 10.9 Å². The minimum atomic E-state index is -0.154. The maximum Gasteiger partial charge on any atom is 0.258 e. The van der Waals surface area contributed by atoms with Gasteiger partial charge in [0.15, 0.2) is 0 Å². The van der Waals surface area contributed by atoms with Crippen molar-refractivity contribution < 1.29 is 4.79 Å². The largest absolute Gasteiger partial charge is 0.322 e. The summed E-state index contributed by atoms with van der Waals surface area (Å²) < 4.78 is 1.07. The fraction of sp³-hybridized carbons (Fsp3) is 0. The number of halogens is 1. The Labute approximate surface area is 152 Å². The van der Waals surface area contributed by atoms with Crippen molar-refractivity contribution in [2.75, 3.05) is 5.32 Å². The van der Waals surface area contributed by atoms with Crippen molar-refractivity contribution >= 4 is 45.9 Å². The molecule has 0 bridgehead atoms. The van der Waals surface area contributed by atoms with E-state index in [0.29, 0.717) is 10.6 Å². The molecule has 0 aliphatic heterocycles. The summed E-state index contributed by atoms with van der Waals surface area (Å²) in [5.41, 5.74) is 1.35. The van der Waals surface area contributed by atoms with Crippen molar-refractivity contribution in [3.63, 3.8) is 0 Å². The molecule has 0 aliphatic rings. The fourth-order valence-corrected chi connectivity index (χ4v) is 3.45. The van der Waals surface area contributed by atoms with Crippen LogP contribution >= 0.6 is 34.4 Å². The number of pyridine rings is 1. The highest BCUT2D eigenvalue weighted by atomic mass is 127. The van der Waals surface area contributed by atoms with Gasteiger partial charge in [0.1, 0.15) is 5.03 Å². The molecule has 114 valence electrons. The molecule has 3 nitrogen and oxygen atoms in total. The summed E-state index contributed by atoms with van der Waals surface area (Å²) in [5, 5.41) is 3.62. The van der Waals surface area contributed by atoms with Crippen LogP contribution in [0.15, 0.2) is 82.8 Å². The lowest BCUT2D eigenvalue weighted by Crippen LogP contribution is -2.13. The van der Waals surface area contributed by atoms with Crippen molar-refractivity contribution in [3.05, 3.63) is 82.1 Å². The number of nitrogens with one attached hydrogen (secondary N) is 1. The van der Waals surface area contributed by atoms with Crippen LogP contribution in [0.3, 0.4) is 0 Å².